The first-order chi connectivity index (χ1) is 7.27. The quantitative estimate of drug-likeness (QED) is 0.713. The second kappa shape index (κ2) is 6.62. The van der Waals surface area contributed by atoms with Crippen LogP contribution in [0.1, 0.15) is 38.8 Å². The van der Waals surface area contributed by atoms with Gasteiger partial charge in [0, 0.05) is 6.20 Å². The van der Waals surface area contributed by atoms with E-state index in [0.29, 0.717) is 5.92 Å². The summed E-state index contributed by atoms with van der Waals surface area (Å²) in [6.45, 7) is 4.43. The van der Waals surface area contributed by atoms with E-state index in [1.54, 1.807) is 6.20 Å². The van der Waals surface area contributed by atoms with E-state index in [2.05, 4.69) is 24.9 Å². The lowest BCUT2D eigenvalue weighted by atomic mass is 10.00. The third kappa shape index (κ3) is 4.05. The van der Waals surface area contributed by atoms with E-state index < -0.39 is 0 Å². The van der Waals surface area contributed by atoms with Gasteiger partial charge >= 0.3 is 0 Å². The minimum absolute atomic E-state index is 0.646. The number of nitrogens with zero attached hydrogens (tertiary/aromatic N) is 1. The standard InChI is InChI=1S/C13H18ClN/c1-3-6-11(4-2)8-9-13-12(14)7-5-10-15-13/h5,7-11H,3-4,6H2,1-2H3/b9-8+. The molecule has 1 aromatic rings. The zero-order valence-corrected chi connectivity index (χ0v) is 10.2. The molecule has 0 bridgehead atoms. The molecule has 0 radical (unpaired) electrons. The van der Waals surface area contributed by atoms with Crippen molar-refractivity contribution in [2.45, 2.75) is 33.1 Å². The third-order valence-corrected chi connectivity index (χ3v) is 2.82. The van der Waals surface area contributed by atoms with Gasteiger partial charge in [0.15, 0.2) is 0 Å². The molecule has 0 fully saturated rings. The molecule has 1 aromatic heterocycles. The van der Waals surface area contributed by atoms with Gasteiger partial charge in [-0.2, -0.15) is 0 Å². The molecule has 1 rings (SSSR count). The molecule has 0 saturated heterocycles. The summed E-state index contributed by atoms with van der Waals surface area (Å²) in [5, 5.41) is 0.722. The third-order valence-electron chi connectivity index (χ3n) is 2.50. The van der Waals surface area contributed by atoms with Gasteiger partial charge in [0.1, 0.15) is 0 Å². The van der Waals surface area contributed by atoms with Gasteiger partial charge < -0.3 is 0 Å². The van der Waals surface area contributed by atoms with Gasteiger partial charge in [0.2, 0.25) is 0 Å². The van der Waals surface area contributed by atoms with E-state index in [1.807, 2.05) is 18.2 Å². The molecule has 0 aliphatic heterocycles. The summed E-state index contributed by atoms with van der Waals surface area (Å²) in [6, 6.07) is 3.72. The zero-order valence-electron chi connectivity index (χ0n) is 9.41. The summed E-state index contributed by atoms with van der Waals surface area (Å²) in [5.41, 5.74) is 0.869. The topological polar surface area (TPSA) is 12.9 Å². The van der Waals surface area contributed by atoms with Crippen molar-refractivity contribution in [3.8, 4) is 0 Å². The van der Waals surface area contributed by atoms with E-state index in [1.165, 1.54) is 19.3 Å². The average Bonchev–Trinajstić information content (AvgIpc) is 2.26. The largest absolute Gasteiger partial charge is 0.255 e. The number of rotatable bonds is 5. The molecule has 0 N–H and O–H groups in total. The fourth-order valence-corrected chi connectivity index (χ4v) is 1.74. The average molecular weight is 224 g/mol. The Balaban J connectivity index is 2.67. The van der Waals surface area contributed by atoms with Crippen molar-refractivity contribution >= 4 is 17.7 Å². The Kier molecular flexibility index (Phi) is 5.41. The van der Waals surface area contributed by atoms with Crippen molar-refractivity contribution in [1.29, 1.82) is 0 Å². The SMILES string of the molecule is CCCC(/C=C/c1ncccc1Cl)CC. The molecule has 0 aliphatic rings. The second-order valence-corrected chi connectivity index (χ2v) is 4.09. The van der Waals surface area contributed by atoms with Crippen molar-refractivity contribution < 1.29 is 0 Å². The Morgan fingerprint density at radius 3 is 2.87 bits per heavy atom. The minimum atomic E-state index is 0.646. The number of allylic oxidation sites excluding steroid dienone is 1. The van der Waals surface area contributed by atoms with Crippen LogP contribution in [0.25, 0.3) is 6.08 Å². The second-order valence-electron chi connectivity index (χ2n) is 3.69. The highest BCUT2D eigenvalue weighted by Crippen LogP contribution is 2.17. The van der Waals surface area contributed by atoms with Crippen LogP contribution in [-0.4, -0.2) is 4.98 Å². The maximum Gasteiger partial charge on any atom is 0.0812 e. The molecule has 1 heterocycles. The number of aromatic nitrogens is 1. The normalized spacial score (nSPS) is 13.3. The summed E-state index contributed by atoms with van der Waals surface area (Å²) < 4.78 is 0. The molecule has 0 spiro atoms. The smallest absolute Gasteiger partial charge is 0.0812 e. The van der Waals surface area contributed by atoms with E-state index in [4.69, 9.17) is 11.6 Å². The zero-order chi connectivity index (χ0) is 11.1. The van der Waals surface area contributed by atoms with Crippen molar-refractivity contribution in [2.24, 2.45) is 5.92 Å². The number of pyridine rings is 1. The Morgan fingerprint density at radius 2 is 2.27 bits per heavy atom. The van der Waals surface area contributed by atoms with Gasteiger partial charge in [-0.3, -0.25) is 4.98 Å². The molecular formula is C13H18ClN. The fraction of sp³-hybridized carbons (Fsp3) is 0.462. The van der Waals surface area contributed by atoms with Crippen LogP contribution in [0.5, 0.6) is 0 Å². The first-order valence-corrected chi connectivity index (χ1v) is 5.94. The van der Waals surface area contributed by atoms with E-state index in [-0.39, 0.29) is 0 Å². The fourth-order valence-electron chi connectivity index (χ4n) is 1.55. The van der Waals surface area contributed by atoms with E-state index >= 15 is 0 Å². The van der Waals surface area contributed by atoms with E-state index in [0.717, 1.165) is 10.7 Å². The Morgan fingerprint density at radius 1 is 1.47 bits per heavy atom. The molecular weight excluding hydrogens is 206 g/mol. The highest BCUT2D eigenvalue weighted by molar-refractivity contribution is 6.31. The van der Waals surface area contributed by atoms with Crippen LogP contribution >= 0.6 is 11.6 Å². The molecule has 0 aliphatic carbocycles. The van der Waals surface area contributed by atoms with Crippen molar-refractivity contribution in [3.63, 3.8) is 0 Å². The number of hydrogen-bond donors (Lipinski definition) is 0. The Hall–Kier alpha value is -0.820. The van der Waals surface area contributed by atoms with Crippen molar-refractivity contribution in [2.75, 3.05) is 0 Å². The lowest BCUT2D eigenvalue weighted by Gasteiger charge is -2.07. The maximum atomic E-state index is 6.01. The predicted molar refractivity (Wildman–Crippen MR) is 67.0 cm³/mol. The van der Waals surface area contributed by atoms with Crippen LogP contribution < -0.4 is 0 Å². The van der Waals surface area contributed by atoms with Crippen LogP contribution in [-0.2, 0) is 0 Å². The van der Waals surface area contributed by atoms with Gasteiger partial charge in [0.05, 0.1) is 10.7 Å². The summed E-state index contributed by atoms with van der Waals surface area (Å²) in [7, 11) is 0. The van der Waals surface area contributed by atoms with E-state index in [9.17, 15) is 0 Å². The first kappa shape index (κ1) is 12.3. The molecule has 0 amide bonds. The highest BCUT2D eigenvalue weighted by atomic mass is 35.5. The summed E-state index contributed by atoms with van der Waals surface area (Å²) in [6.07, 6.45) is 9.65. The van der Waals surface area contributed by atoms with Gasteiger partial charge in [-0.15, -0.1) is 0 Å². The van der Waals surface area contributed by atoms with Crippen LogP contribution in [0.3, 0.4) is 0 Å². The molecule has 82 valence electrons. The van der Waals surface area contributed by atoms with Gasteiger partial charge in [0.25, 0.3) is 0 Å². The Bertz CT molecular complexity index is 320. The molecule has 1 atom stereocenters. The highest BCUT2D eigenvalue weighted by Gasteiger charge is 2.01. The summed E-state index contributed by atoms with van der Waals surface area (Å²) in [5.74, 6) is 0.646. The minimum Gasteiger partial charge on any atom is -0.255 e. The number of halogens is 1. The molecule has 0 aromatic carbocycles. The van der Waals surface area contributed by atoms with Gasteiger partial charge in [-0.1, -0.05) is 37.9 Å². The summed E-state index contributed by atoms with van der Waals surface area (Å²) >= 11 is 6.01. The first-order valence-electron chi connectivity index (χ1n) is 5.56. The lowest BCUT2D eigenvalue weighted by Crippen LogP contribution is -1.93. The van der Waals surface area contributed by atoms with Crippen LogP contribution in [0.15, 0.2) is 24.4 Å². The maximum absolute atomic E-state index is 6.01. The Labute approximate surface area is 97.2 Å². The summed E-state index contributed by atoms with van der Waals surface area (Å²) in [4.78, 5) is 4.23. The predicted octanol–water partition coefficient (Wildman–Crippen LogP) is 4.57. The van der Waals surface area contributed by atoms with Crippen molar-refractivity contribution in [1.82, 2.24) is 4.98 Å². The number of hydrogen-bond acceptors (Lipinski definition) is 1. The van der Waals surface area contributed by atoms with Crippen molar-refractivity contribution in [3.05, 3.63) is 35.1 Å². The van der Waals surface area contributed by atoms with Gasteiger partial charge in [-0.25, -0.2) is 0 Å². The molecule has 0 saturated carbocycles. The van der Waals surface area contributed by atoms with Crippen LogP contribution in [0.2, 0.25) is 5.02 Å². The monoisotopic (exact) mass is 223 g/mol. The van der Waals surface area contributed by atoms with Gasteiger partial charge in [-0.05, 0) is 37.0 Å². The van der Waals surface area contributed by atoms with Crippen LogP contribution in [0.4, 0.5) is 0 Å². The lowest BCUT2D eigenvalue weighted by molar-refractivity contribution is 0.565. The van der Waals surface area contributed by atoms with Crippen LogP contribution in [0, 0.1) is 5.92 Å². The molecule has 1 nitrogen and oxygen atoms in total. The molecule has 2 heteroatoms. The molecule has 15 heavy (non-hydrogen) atoms. The molecule has 1 unspecified atom stereocenters.